The van der Waals surface area contributed by atoms with Gasteiger partial charge in [0.1, 0.15) is 0 Å². The van der Waals surface area contributed by atoms with Crippen molar-refractivity contribution in [3.8, 4) is 0 Å². The highest BCUT2D eigenvalue weighted by Gasteiger charge is 2.20. The first-order valence-corrected chi connectivity index (χ1v) is 9.06. The highest BCUT2D eigenvalue weighted by molar-refractivity contribution is 7.09. The molecule has 1 unspecified atom stereocenters. The van der Waals surface area contributed by atoms with E-state index < -0.39 is 0 Å². The van der Waals surface area contributed by atoms with E-state index in [1.807, 2.05) is 11.3 Å². The zero-order chi connectivity index (χ0) is 14.2. The molecular weight excluding hydrogens is 266 g/mol. The first kappa shape index (κ1) is 15.9. The van der Waals surface area contributed by atoms with Gasteiger partial charge in [0.15, 0.2) is 0 Å². The van der Waals surface area contributed by atoms with Crippen molar-refractivity contribution < 1.29 is 0 Å². The average molecular weight is 295 g/mol. The number of aromatic nitrogens is 1. The topological polar surface area (TPSA) is 28.2 Å². The Bertz CT molecular complexity index is 378. The summed E-state index contributed by atoms with van der Waals surface area (Å²) in [5.41, 5.74) is 1.28. The van der Waals surface area contributed by atoms with Crippen LogP contribution in [-0.4, -0.2) is 36.1 Å². The summed E-state index contributed by atoms with van der Waals surface area (Å²) in [6.45, 7) is 10.3. The normalized spacial score (nSPS) is 20.4. The van der Waals surface area contributed by atoms with Gasteiger partial charge in [0.2, 0.25) is 0 Å². The molecule has 1 fully saturated rings. The fraction of sp³-hybridized carbons (Fsp3) is 0.812. The van der Waals surface area contributed by atoms with Crippen molar-refractivity contribution in [1.82, 2.24) is 15.2 Å². The third-order valence-corrected chi connectivity index (χ3v) is 4.87. The van der Waals surface area contributed by atoms with Crippen LogP contribution in [0.3, 0.4) is 0 Å². The largest absolute Gasteiger partial charge is 0.316 e. The quantitative estimate of drug-likeness (QED) is 0.746. The molecule has 0 radical (unpaired) electrons. The van der Waals surface area contributed by atoms with Crippen molar-refractivity contribution in [3.63, 3.8) is 0 Å². The van der Waals surface area contributed by atoms with Crippen LogP contribution in [0, 0.1) is 5.92 Å². The van der Waals surface area contributed by atoms with E-state index >= 15 is 0 Å². The van der Waals surface area contributed by atoms with E-state index in [1.165, 1.54) is 56.0 Å². The second-order valence-corrected chi connectivity index (χ2v) is 6.87. The summed E-state index contributed by atoms with van der Waals surface area (Å²) in [5.74, 6) is 0.823. The molecule has 1 aliphatic rings. The van der Waals surface area contributed by atoms with Gasteiger partial charge < -0.3 is 5.32 Å². The number of aryl methyl sites for hydroxylation is 1. The van der Waals surface area contributed by atoms with Crippen molar-refractivity contribution in [2.45, 2.75) is 52.5 Å². The lowest BCUT2D eigenvalue weighted by Gasteiger charge is -2.32. The number of hydrogen-bond donors (Lipinski definition) is 1. The van der Waals surface area contributed by atoms with Crippen LogP contribution in [0.15, 0.2) is 5.38 Å². The van der Waals surface area contributed by atoms with Crippen molar-refractivity contribution in [1.29, 1.82) is 0 Å². The Balaban J connectivity index is 1.76. The first-order valence-electron chi connectivity index (χ1n) is 8.18. The van der Waals surface area contributed by atoms with Gasteiger partial charge in [-0.3, -0.25) is 4.90 Å². The molecule has 1 aromatic heterocycles. The van der Waals surface area contributed by atoms with Gasteiger partial charge in [0.05, 0.1) is 10.7 Å². The van der Waals surface area contributed by atoms with Crippen molar-refractivity contribution in [2.24, 2.45) is 5.92 Å². The van der Waals surface area contributed by atoms with Crippen molar-refractivity contribution in [2.75, 3.05) is 26.2 Å². The molecule has 114 valence electrons. The van der Waals surface area contributed by atoms with Gasteiger partial charge in [0, 0.05) is 18.5 Å². The maximum absolute atomic E-state index is 4.76. The zero-order valence-electron chi connectivity index (χ0n) is 13.0. The lowest BCUT2D eigenvalue weighted by molar-refractivity contribution is 0.164. The SMILES string of the molecule is CCCNCC1CCCN(Cc2csc(CCC)n2)C1. The van der Waals surface area contributed by atoms with Crippen LogP contribution in [0.1, 0.15) is 50.2 Å². The number of hydrogen-bond acceptors (Lipinski definition) is 4. The van der Waals surface area contributed by atoms with Gasteiger partial charge in [-0.25, -0.2) is 4.98 Å². The molecule has 1 N–H and O–H groups in total. The Morgan fingerprint density at radius 2 is 2.30 bits per heavy atom. The fourth-order valence-electron chi connectivity index (χ4n) is 2.92. The number of rotatable bonds is 8. The summed E-state index contributed by atoms with van der Waals surface area (Å²) >= 11 is 1.83. The summed E-state index contributed by atoms with van der Waals surface area (Å²) in [4.78, 5) is 7.35. The predicted molar refractivity (Wildman–Crippen MR) is 87.3 cm³/mol. The highest BCUT2D eigenvalue weighted by atomic mass is 32.1. The molecule has 1 atom stereocenters. The molecule has 0 bridgehead atoms. The average Bonchev–Trinajstić information content (AvgIpc) is 2.87. The highest BCUT2D eigenvalue weighted by Crippen LogP contribution is 2.19. The van der Waals surface area contributed by atoms with Crippen LogP contribution in [0.4, 0.5) is 0 Å². The second kappa shape index (κ2) is 8.75. The third kappa shape index (κ3) is 5.15. The summed E-state index contributed by atoms with van der Waals surface area (Å²) in [5, 5.41) is 7.13. The Kier molecular flexibility index (Phi) is 6.97. The molecular formula is C16H29N3S. The standard InChI is InChI=1S/C16H29N3S/c1-3-6-16-18-15(13-20-16)12-19-9-5-7-14(11-19)10-17-8-4-2/h13-14,17H,3-12H2,1-2H3. The van der Waals surface area contributed by atoms with Crippen molar-refractivity contribution >= 4 is 11.3 Å². The lowest BCUT2D eigenvalue weighted by Crippen LogP contribution is -2.39. The number of thiazole rings is 1. The van der Waals surface area contributed by atoms with Gasteiger partial charge in [0.25, 0.3) is 0 Å². The minimum absolute atomic E-state index is 0.823. The van der Waals surface area contributed by atoms with Crippen LogP contribution in [0.5, 0.6) is 0 Å². The van der Waals surface area contributed by atoms with Crippen LogP contribution in [0.2, 0.25) is 0 Å². The molecule has 0 aromatic carbocycles. The number of likely N-dealkylation sites (tertiary alicyclic amines) is 1. The Labute approximate surface area is 127 Å². The molecule has 0 aliphatic carbocycles. The van der Waals surface area contributed by atoms with E-state index in [1.54, 1.807) is 0 Å². The number of nitrogens with zero attached hydrogens (tertiary/aromatic N) is 2. The molecule has 2 rings (SSSR count). The summed E-state index contributed by atoms with van der Waals surface area (Å²) in [6.07, 6.45) is 6.28. The van der Waals surface area contributed by atoms with E-state index in [4.69, 9.17) is 4.98 Å². The van der Waals surface area contributed by atoms with Gasteiger partial charge in [-0.1, -0.05) is 13.8 Å². The van der Waals surface area contributed by atoms with Crippen LogP contribution < -0.4 is 5.32 Å². The molecule has 3 nitrogen and oxygen atoms in total. The van der Waals surface area contributed by atoms with Gasteiger partial charge in [-0.05, 0) is 57.7 Å². The van der Waals surface area contributed by atoms with E-state index in [2.05, 4.69) is 29.4 Å². The van der Waals surface area contributed by atoms with Gasteiger partial charge >= 0.3 is 0 Å². The van der Waals surface area contributed by atoms with Crippen molar-refractivity contribution in [3.05, 3.63) is 16.1 Å². The molecule has 0 saturated carbocycles. The van der Waals surface area contributed by atoms with Crippen LogP contribution in [-0.2, 0) is 13.0 Å². The monoisotopic (exact) mass is 295 g/mol. The van der Waals surface area contributed by atoms with Crippen LogP contribution in [0.25, 0.3) is 0 Å². The number of piperidine rings is 1. The molecule has 1 aliphatic heterocycles. The molecule has 1 aromatic rings. The fourth-order valence-corrected chi connectivity index (χ4v) is 3.82. The summed E-state index contributed by atoms with van der Waals surface area (Å²) in [7, 11) is 0. The molecule has 2 heterocycles. The Morgan fingerprint density at radius 3 is 3.10 bits per heavy atom. The third-order valence-electron chi connectivity index (χ3n) is 3.91. The number of nitrogens with one attached hydrogen (secondary N) is 1. The Hall–Kier alpha value is -0.450. The van der Waals surface area contributed by atoms with E-state index in [0.717, 1.165) is 25.4 Å². The summed E-state index contributed by atoms with van der Waals surface area (Å²) in [6, 6.07) is 0. The zero-order valence-corrected chi connectivity index (χ0v) is 13.8. The summed E-state index contributed by atoms with van der Waals surface area (Å²) < 4.78 is 0. The molecule has 1 saturated heterocycles. The Morgan fingerprint density at radius 1 is 1.40 bits per heavy atom. The second-order valence-electron chi connectivity index (χ2n) is 5.93. The van der Waals surface area contributed by atoms with E-state index in [9.17, 15) is 0 Å². The molecule has 20 heavy (non-hydrogen) atoms. The van der Waals surface area contributed by atoms with E-state index in [0.29, 0.717) is 0 Å². The lowest BCUT2D eigenvalue weighted by atomic mass is 9.98. The minimum Gasteiger partial charge on any atom is -0.316 e. The predicted octanol–water partition coefficient (Wildman–Crippen LogP) is 3.31. The maximum atomic E-state index is 4.76. The van der Waals surface area contributed by atoms with Gasteiger partial charge in [-0.15, -0.1) is 11.3 Å². The minimum atomic E-state index is 0.823. The maximum Gasteiger partial charge on any atom is 0.0928 e. The molecule has 0 amide bonds. The van der Waals surface area contributed by atoms with Crippen LogP contribution >= 0.6 is 11.3 Å². The van der Waals surface area contributed by atoms with E-state index in [-0.39, 0.29) is 0 Å². The van der Waals surface area contributed by atoms with Gasteiger partial charge in [-0.2, -0.15) is 0 Å². The first-order chi connectivity index (χ1) is 9.81. The smallest absolute Gasteiger partial charge is 0.0928 e. The molecule has 4 heteroatoms. The molecule has 0 spiro atoms.